The Balaban J connectivity index is 1.48. The van der Waals surface area contributed by atoms with Crippen molar-refractivity contribution in [3.8, 4) is 0 Å². The van der Waals surface area contributed by atoms with Crippen LogP contribution in [0.15, 0.2) is 18.2 Å². The number of morpholine rings is 1. The highest BCUT2D eigenvalue weighted by molar-refractivity contribution is 6.30. The fraction of sp³-hybridized carbons (Fsp3) is 0.667. The van der Waals surface area contributed by atoms with Gasteiger partial charge in [-0.1, -0.05) is 17.7 Å². The van der Waals surface area contributed by atoms with Crippen molar-refractivity contribution in [2.45, 2.75) is 32.4 Å². The first-order valence-electron chi connectivity index (χ1n) is 8.61. The van der Waals surface area contributed by atoms with E-state index in [9.17, 15) is 4.39 Å². The van der Waals surface area contributed by atoms with Gasteiger partial charge >= 0.3 is 0 Å². The Kier molecular flexibility index (Phi) is 5.91. The van der Waals surface area contributed by atoms with Gasteiger partial charge in [0.1, 0.15) is 5.82 Å². The standard InChI is InChI=1S/C18H26ClFN2O/c1-14(22-8-10-23-11-9-22)16-4-6-21(7-5-16)13-15-2-3-17(19)18(20)12-15/h2-3,12,14,16H,4-11,13H2,1H3. The number of piperidine rings is 1. The summed E-state index contributed by atoms with van der Waals surface area (Å²) in [5.41, 5.74) is 1.01. The van der Waals surface area contributed by atoms with Crippen LogP contribution >= 0.6 is 11.6 Å². The van der Waals surface area contributed by atoms with E-state index in [0.717, 1.165) is 57.4 Å². The van der Waals surface area contributed by atoms with Gasteiger partial charge in [-0.15, -0.1) is 0 Å². The molecule has 2 aliphatic heterocycles. The molecular weight excluding hydrogens is 315 g/mol. The van der Waals surface area contributed by atoms with Crippen LogP contribution in [0, 0.1) is 11.7 Å². The summed E-state index contributed by atoms with van der Waals surface area (Å²) in [6, 6.07) is 5.77. The van der Waals surface area contributed by atoms with E-state index in [0.29, 0.717) is 6.04 Å². The number of nitrogens with zero attached hydrogens (tertiary/aromatic N) is 2. The van der Waals surface area contributed by atoms with Gasteiger partial charge in [-0.2, -0.15) is 0 Å². The Morgan fingerprint density at radius 2 is 1.91 bits per heavy atom. The molecule has 1 aromatic rings. The van der Waals surface area contributed by atoms with Crippen LogP contribution in [0.5, 0.6) is 0 Å². The summed E-state index contributed by atoms with van der Waals surface area (Å²) < 4.78 is 19.0. The van der Waals surface area contributed by atoms with Gasteiger partial charge in [0, 0.05) is 25.7 Å². The fourth-order valence-electron chi connectivity index (χ4n) is 3.77. The van der Waals surface area contributed by atoms with Crippen molar-refractivity contribution in [3.63, 3.8) is 0 Å². The van der Waals surface area contributed by atoms with E-state index in [1.807, 2.05) is 6.07 Å². The molecule has 2 heterocycles. The predicted molar refractivity (Wildman–Crippen MR) is 91.3 cm³/mol. The average Bonchev–Trinajstić information content (AvgIpc) is 2.59. The number of likely N-dealkylation sites (tertiary alicyclic amines) is 1. The zero-order valence-corrected chi connectivity index (χ0v) is 14.6. The average molecular weight is 341 g/mol. The summed E-state index contributed by atoms with van der Waals surface area (Å²) in [4.78, 5) is 4.99. The molecule has 2 fully saturated rings. The van der Waals surface area contributed by atoms with Crippen LogP contribution in [-0.4, -0.2) is 55.2 Å². The summed E-state index contributed by atoms with van der Waals surface area (Å²) >= 11 is 5.75. The molecule has 1 aromatic carbocycles. The monoisotopic (exact) mass is 340 g/mol. The van der Waals surface area contributed by atoms with Crippen molar-refractivity contribution in [2.24, 2.45) is 5.92 Å². The molecule has 128 valence electrons. The van der Waals surface area contributed by atoms with Gasteiger partial charge in [0.25, 0.3) is 0 Å². The first kappa shape index (κ1) is 17.2. The van der Waals surface area contributed by atoms with Crippen LogP contribution in [0.2, 0.25) is 5.02 Å². The summed E-state index contributed by atoms with van der Waals surface area (Å²) in [5.74, 6) is 0.436. The second-order valence-electron chi connectivity index (χ2n) is 6.75. The molecule has 2 aliphatic rings. The van der Waals surface area contributed by atoms with Gasteiger partial charge in [-0.25, -0.2) is 4.39 Å². The van der Waals surface area contributed by atoms with Crippen molar-refractivity contribution >= 4 is 11.6 Å². The number of rotatable bonds is 4. The van der Waals surface area contributed by atoms with Crippen molar-refractivity contribution in [3.05, 3.63) is 34.6 Å². The molecule has 0 aliphatic carbocycles. The van der Waals surface area contributed by atoms with Crippen molar-refractivity contribution in [1.29, 1.82) is 0 Å². The molecule has 1 unspecified atom stereocenters. The first-order chi connectivity index (χ1) is 11.1. The van der Waals surface area contributed by atoms with Gasteiger partial charge in [-0.05, 0) is 56.5 Å². The van der Waals surface area contributed by atoms with Crippen LogP contribution in [0.4, 0.5) is 4.39 Å². The fourth-order valence-corrected chi connectivity index (χ4v) is 3.89. The van der Waals surface area contributed by atoms with Crippen molar-refractivity contribution < 1.29 is 9.13 Å². The third-order valence-electron chi connectivity index (χ3n) is 5.33. The van der Waals surface area contributed by atoms with Gasteiger partial charge in [-0.3, -0.25) is 9.80 Å². The molecule has 0 spiro atoms. The molecule has 23 heavy (non-hydrogen) atoms. The molecule has 0 bridgehead atoms. The first-order valence-corrected chi connectivity index (χ1v) is 8.99. The van der Waals surface area contributed by atoms with Gasteiger partial charge in [0.2, 0.25) is 0 Å². The van der Waals surface area contributed by atoms with E-state index in [4.69, 9.17) is 16.3 Å². The van der Waals surface area contributed by atoms with E-state index in [1.165, 1.54) is 12.8 Å². The van der Waals surface area contributed by atoms with Gasteiger partial charge in [0.05, 0.1) is 18.2 Å². The normalized spacial score (nSPS) is 23.1. The SMILES string of the molecule is CC(C1CCN(Cc2ccc(Cl)c(F)c2)CC1)N1CCOCC1. The Hall–Kier alpha value is -0.680. The number of ether oxygens (including phenoxy) is 1. The smallest absolute Gasteiger partial charge is 0.142 e. The molecule has 0 radical (unpaired) electrons. The Bertz CT molecular complexity index is 514. The maximum atomic E-state index is 13.5. The highest BCUT2D eigenvalue weighted by Gasteiger charge is 2.28. The zero-order valence-electron chi connectivity index (χ0n) is 13.8. The van der Waals surface area contributed by atoms with Crippen molar-refractivity contribution in [1.82, 2.24) is 9.80 Å². The molecule has 2 saturated heterocycles. The predicted octanol–water partition coefficient (Wildman–Crippen LogP) is 3.41. The largest absolute Gasteiger partial charge is 0.379 e. The van der Waals surface area contributed by atoms with Gasteiger partial charge < -0.3 is 4.74 Å². The summed E-state index contributed by atoms with van der Waals surface area (Å²) in [7, 11) is 0. The van der Waals surface area contributed by atoms with E-state index in [2.05, 4.69) is 16.7 Å². The molecule has 0 saturated carbocycles. The maximum Gasteiger partial charge on any atom is 0.142 e. The van der Waals surface area contributed by atoms with Gasteiger partial charge in [0.15, 0.2) is 0 Å². The minimum atomic E-state index is -0.319. The molecule has 0 amide bonds. The number of hydrogen-bond donors (Lipinski definition) is 0. The number of benzene rings is 1. The van der Waals surface area contributed by atoms with Crippen LogP contribution < -0.4 is 0 Å². The lowest BCUT2D eigenvalue weighted by Gasteiger charge is -2.41. The quantitative estimate of drug-likeness (QED) is 0.835. The Labute approximate surface area is 143 Å². The lowest BCUT2D eigenvalue weighted by Crippen LogP contribution is -2.48. The topological polar surface area (TPSA) is 15.7 Å². The van der Waals surface area contributed by atoms with Crippen molar-refractivity contribution in [2.75, 3.05) is 39.4 Å². The Morgan fingerprint density at radius 3 is 2.57 bits per heavy atom. The lowest BCUT2D eigenvalue weighted by atomic mass is 9.89. The molecule has 3 nitrogen and oxygen atoms in total. The highest BCUT2D eigenvalue weighted by Crippen LogP contribution is 2.26. The van der Waals surface area contributed by atoms with E-state index in [-0.39, 0.29) is 10.8 Å². The number of halogens is 2. The molecule has 0 aromatic heterocycles. The minimum absolute atomic E-state index is 0.201. The van der Waals surface area contributed by atoms with Crippen LogP contribution in [0.1, 0.15) is 25.3 Å². The minimum Gasteiger partial charge on any atom is -0.379 e. The van der Waals surface area contributed by atoms with E-state index in [1.54, 1.807) is 12.1 Å². The maximum absolute atomic E-state index is 13.5. The second kappa shape index (κ2) is 7.93. The van der Waals surface area contributed by atoms with E-state index >= 15 is 0 Å². The summed E-state index contributed by atoms with van der Waals surface area (Å²) in [5, 5.41) is 0.201. The molecular formula is C18H26ClFN2O. The van der Waals surface area contributed by atoms with E-state index < -0.39 is 0 Å². The number of hydrogen-bond acceptors (Lipinski definition) is 3. The molecule has 5 heteroatoms. The highest BCUT2D eigenvalue weighted by atomic mass is 35.5. The molecule has 0 N–H and O–H groups in total. The van der Waals surface area contributed by atoms with Crippen LogP contribution in [0.25, 0.3) is 0 Å². The molecule has 3 rings (SSSR count). The third-order valence-corrected chi connectivity index (χ3v) is 5.63. The third kappa shape index (κ3) is 4.44. The second-order valence-corrected chi connectivity index (χ2v) is 7.16. The summed E-state index contributed by atoms with van der Waals surface area (Å²) in [6.45, 7) is 9.20. The van der Waals surface area contributed by atoms with Crippen LogP contribution in [0.3, 0.4) is 0 Å². The Morgan fingerprint density at radius 1 is 1.22 bits per heavy atom. The molecule has 1 atom stereocenters. The lowest BCUT2D eigenvalue weighted by molar-refractivity contribution is -0.00192. The zero-order chi connectivity index (χ0) is 16.2. The summed E-state index contributed by atoms with van der Waals surface area (Å²) in [6.07, 6.45) is 2.43. The van der Waals surface area contributed by atoms with Crippen LogP contribution in [-0.2, 0) is 11.3 Å².